The second-order valence-corrected chi connectivity index (χ2v) is 6.91. The Balaban J connectivity index is 1.50. The SMILES string of the molecule is CC(N1CCC(C2CCCN2)CC1)C1(C)CC1. The van der Waals surface area contributed by atoms with Crippen molar-refractivity contribution in [2.75, 3.05) is 19.6 Å². The first-order chi connectivity index (χ1) is 8.19. The topological polar surface area (TPSA) is 15.3 Å². The van der Waals surface area contributed by atoms with Gasteiger partial charge >= 0.3 is 0 Å². The number of likely N-dealkylation sites (tertiary alicyclic amines) is 1. The molecule has 3 aliphatic rings. The molecule has 0 aromatic carbocycles. The molecule has 0 amide bonds. The second kappa shape index (κ2) is 4.55. The summed E-state index contributed by atoms with van der Waals surface area (Å²) in [7, 11) is 0. The van der Waals surface area contributed by atoms with Crippen LogP contribution in [0.25, 0.3) is 0 Å². The van der Waals surface area contributed by atoms with Gasteiger partial charge in [-0.05, 0) is 76.4 Å². The van der Waals surface area contributed by atoms with Crippen molar-refractivity contribution >= 4 is 0 Å². The summed E-state index contributed by atoms with van der Waals surface area (Å²) in [6.45, 7) is 8.89. The quantitative estimate of drug-likeness (QED) is 0.810. The minimum atomic E-state index is 0.665. The van der Waals surface area contributed by atoms with E-state index in [9.17, 15) is 0 Å². The summed E-state index contributed by atoms with van der Waals surface area (Å²) in [6, 6.07) is 1.67. The van der Waals surface area contributed by atoms with E-state index in [1.54, 1.807) is 0 Å². The molecule has 0 aromatic rings. The third kappa shape index (κ3) is 2.39. The highest BCUT2D eigenvalue weighted by molar-refractivity contribution is 4.99. The van der Waals surface area contributed by atoms with Crippen LogP contribution >= 0.6 is 0 Å². The molecule has 2 heteroatoms. The Kier molecular flexibility index (Phi) is 3.20. The van der Waals surface area contributed by atoms with E-state index in [-0.39, 0.29) is 0 Å². The van der Waals surface area contributed by atoms with Gasteiger partial charge in [0.15, 0.2) is 0 Å². The molecule has 98 valence electrons. The molecule has 0 spiro atoms. The Morgan fingerprint density at radius 1 is 1.18 bits per heavy atom. The molecule has 2 aliphatic heterocycles. The van der Waals surface area contributed by atoms with Crippen LogP contribution in [0.2, 0.25) is 0 Å². The Morgan fingerprint density at radius 2 is 1.88 bits per heavy atom. The van der Waals surface area contributed by atoms with Crippen LogP contribution in [-0.2, 0) is 0 Å². The molecule has 0 aromatic heterocycles. The molecule has 2 nitrogen and oxygen atoms in total. The Morgan fingerprint density at radius 3 is 2.41 bits per heavy atom. The maximum Gasteiger partial charge on any atom is 0.0121 e. The van der Waals surface area contributed by atoms with E-state index >= 15 is 0 Å². The average Bonchev–Trinajstić information content (AvgIpc) is 2.91. The van der Waals surface area contributed by atoms with Crippen molar-refractivity contribution in [1.82, 2.24) is 10.2 Å². The van der Waals surface area contributed by atoms with Gasteiger partial charge in [-0.1, -0.05) is 6.92 Å². The highest BCUT2D eigenvalue weighted by Gasteiger charge is 2.45. The average molecular weight is 236 g/mol. The van der Waals surface area contributed by atoms with Crippen molar-refractivity contribution in [1.29, 1.82) is 0 Å². The summed E-state index contributed by atoms with van der Waals surface area (Å²) in [4.78, 5) is 2.76. The molecule has 1 aliphatic carbocycles. The summed E-state index contributed by atoms with van der Waals surface area (Å²) in [5.41, 5.74) is 0.665. The Bertz CT molecular complexity index is 258. The van der Waals surface area contributed by atoms with Gasteiger partial charge in [0, 0.05) is 12.1 Å². The number of nitrogens with one attached hydrogen (secondary N) is 1. The van der Waals surface area contributed by atoms with E-state index in [4.69, 9.17) is 0 Å². The first kappa shape index (κ1) is 12.0. The standard InChI is InChI=1S/C15H28N2/c1-12(15(2)7-8-15)17-10-5-13(6-11-17)14-4-3-9-16-14/h12-14,16H,3-11H2,1-2H3. The van der Waals surface area contributed by atoms with Crippen LogP contribution in [0.3, 0.4) is 0 Å². The lowest BCUT2D eigenvalue weighted by Gasteiger charge is -2.40. The van der Waals surface area contributed by atoms with Gasteiger partial charge < -0.3 is 10.2 Å². The molecule has 1 saturated carbocycles. The van der Waals surface area contributed by atoms with E-state index in [1.807, 2.05) is 0 Å². The largest absolute Gasteiger partial charge is 0.314 e. The van der Waals surface area contributed by atoms with E-state index in [2.05, 4.69) is 24.1 Å². The zero-order chi connectivity index (χ0) is 11.9. The van der Waals surface area contributed by atoms with E-state index in [1.165, 1.54) is 58.2 Å². The molecule has 1 N–H and O–H groups in total. The summed E-state index contributed by atoms with van der Waals surface area (Å²) in [5.74, 6) is 0.966. The highest BCUT2D eigenvalue weighted by atomic mass is 15.2. The number of hydrogen-bond acceptors (Lipinski definition) is 2. The van der Waals surface area contributed by atoms with Gasteiger partial charge in [-0.15, -0.1) is 0 Å². The van der Waals surface area contributed by atoms with Crippen LogP contribution < -0.4 is 5.32 Å². The number of piperidine rings is 1. The molecule has 2 saturated heterocycles. The van der Waals surface area contributed by atoms with Crippen molar-refractivity contribution in [3.63, 3.8) is 0 Å². The fraction of sp³-hybridized carbons (Fsp3) is 1.00. The molecule has 2 atom stereocenters. The molecule has 0 bridgehead atoms. The van der Waals surface area contributed by atoms with Crippen molar-refractivity contribution in [3.05, 3.63) is 0 Å². The van der Waals surface area contributed by atoms with Gasteiger partial charge in [0.25, 0.3) is 0 Å². The molecule has 3 rings (SSSR count). The van der Waals surface area contributed by atoms with Crippen LogP contribution in [0.15, 0.2) is 0 Å². The first-order valence-corrected chi connectivity index (χ1v) is 7.66. The molecular weight excluding hydrogens is 208 g/mol. The van der Waals surface area contributed by atoms with E-state index in [0.717, 1.165) is 18.0 Å². The van der Waals surface area contributed by atoms with Crippen LogP contribution in [0, 0.1) is 11.3 Å². The van der Waals surface area contributed by atoms with Gasteiger partial charge in [-0.2, -0.15) is 0 Å². The van der Waals surface area contributed by atoms with Gasteiger partial charge in [0.1, 0.15) is 0 Å². The van der Waals surface area contributed by atoms with Crippen LogP contribution in [-0.4, -0.2) is 36.6 Å². The zero-order valence-electron chi connectivity index (χ0n) is 11.5. The summed E-state index contributed by atoms with van der Waals surface area (Å²) in [5, 5.41) is 3.69. The smallest absolute Gasteiger partial charge is 0.0121 e. The lowest BCUT2D eigenvalue weighted by molar-refractivity contribution is 0.0918. The van der Waals surface area contributed by atoms with Crippen molar-refractivity contribution in [2.24, 2.45) is 11.3 Å². The van der Waals surface area contributed by atoms with Gasteiger partial charge in [0.05, 0.1) is 0 Å². The Labute approximate surface area is 106 Å². The monoisotopic (exact) mass is 236 g/mol. The first-order valence-electron chi connectivity index (χ1n) is 7.66. The van der Waals surface area contributed by atoms with Crippen LogP contribution in [0.4, 0.5) is 0 Å². The summed E-state index contributed by atoms with van der Waals surface area (Å²) in [6.07, 6.45) is 8.60. The maximum atomic E-state index is 3.69. The second-order valence-electron chi connectivity index (χ2n) is 6.91. The molecule has 0 radical (unpaired) electrons. The minimum absolute atomic E-state index is 0.665. The fourth-order valence-electron chi connectivity index (χ4n) is 3.88. The lowest BCUT2D eigenvalue weighted by atomic mass is 9.86. The minimum Gasteiger partial charge on any atom is -0.314 e. The normalized spacial score (nSPS) is 36.0. The Hall–Kier alpha value is -0.0800. The van der Waals surface area contributed by atoms with Crippen LogP contribution in [0.5, 0.6) is 0 Å². The summed E-state index contributed by atoms with van der Waals surface area (Å²) >= 11 is 0. The van der Waals surface area contributed by atoms with E-state index in [0.29, 0.717) is 5.41 Å². The van der Waals surface area contributed by atoms with Crippen LogP contribution in [0.1, 0.15) is 52.4 Å². The number of hydrogen-bond donors (Lipinski definition) is 1. The van der Waals surface area contributed by atoms with Crippen molar-refractivity contribution < 1.29 is 0 Å². The molecular formula is C15H28N2. The predicted octanol–water partition coefficient (Wildman–Crippen LogP) is 2.64. The number of rotatable bonds is 3. The molecule has 2 heterocycles. The third-order valence-electron chi connectivity index (χ3n) is 5.84. The summed E-state index contributed by atoms with van der Waals surface area (Å²) < 4.78 is 0. The lowest BCUT2D eigenvalue weighted by Crippen LogP contribution is -2.46. The van der Waals surface area contributed by atoms with Gasteiger partial charge in [-0.3, -0.25) is 0 Å². The third-order valence-corrected chi connectivity index (χ3v) is 5.84. The predicted molar refractivity (Wildman–Crippen MR) is 72.1 cm³/mol. The fourth-order valence-corrected chi connectivity index (χ4v) is 3.88. The van der Waals surface area contributed by atoms with Crippen molar-refractivity contribution in [3.8, 4) is 0 Å². The number of nitrogens with zero attached hydrogens (tertiary/aromatic N) is 1. The van der Waals surface area contributed by atoms with E-state index < -0.39 is 0 Å². The molecule has 2 unspecified atom stereocenters. The van der Waals surface area contributed by atoms with Gasteiger partial charge in [0.2, 0.25) is 0 Å². The molecule has 17 heavy (non-hydrogen) atoms. The zero-order valence-corrected chi connectivity index (χ0v) is 11.5. The van der Waals surface area contributed by atoms with Gasteiger partial charge in [-0.25, -0.2) is 0 Å². The highest BCUT2D eigenvalue weighted by Crippen LogP contribution is 2.50. The molecule has 3 fully saturated rings. The van der Waals surface area contributed by atoms with Crippen molar-refractivity contribution in [2.45, 2.75) is 64.5 Å². The maximum absolute atomic E-state index is 3.69.